The summed E-state index contributed by atoms with van der Waals surface area (Å²) in [6.07, 6.45) is 2.25. The Morgan fingerprint density at radius 1 is 1.24 bits per heavy atom. The van der Waals surface area contributed by atoms with Crippen LogP contribution in [-0.4, -0.2) is 32.3 Å². The maximum Gasteiger partial charge on any atom is 0.294 e. The fourth-order valence-corrected chi connectivity index (χ4v) is 4.34. The van der Waals surface area contributed by atoms with Gasteiger partial charge in [-0.3, -0.25) is 14.4 Å². The van der Waals surface area contributed by atoms with Gasteiger partial charge in [0.2, 0.25) is 5.89 Å². The molecule has 0 saturated heterocycles. The number of fused-ring (bicyclic) bond motifs is 1. The van der Waals surface area contributed by atoms with E-state index in [1.165, 1.54) is 12.1 Å². The van der Waals surface area contributed by atoms with E-state index >= 15 is 0 Å². The number of halogens is 2. The molecule has 2 amide bonds. The summed E-state index contributed by atoms with van der Waals surface area (Å²) in [6, 6.07) is 3.20. The van der Waals surface area contributed by atoms with Crippen LogP contribution in [0.1, 0.15) is 69.6 Å². The predicted molar refractivity (Wildman–Crippen MR) is 121 cm³/mol. The first-order chi connectivity index (χ1) is 16.2. The molecule has 0 bridgehead atoms. The van der Waals surface area contributed by atoms with E-state index in [0.29, 0.717) is 41.3 Å². The molecule has 4 rings (SSSR count). The number of Topliss-reactive ketones (excluding diaryl/α,β-unsaturated/α-hetero) is 1. The van der Waals surface area contributed by atoms with E-state index in [1.54, 1.807) is 25.3 Å². The molecular formula is C23H23ClFN5O4. The van der Waals surface area contributed by atoms with Crippen LogP contribution in [0.4, 0.5) is 10.1 Å². The minimum Gasteiger partial charge on any atom is -0.341 e. The lowest BCUT2D eigenvalue weighted by Gasteiger charge is -2.18. The van der Waals surface area contributed by atoms with Gasteiger partial charge in [-0.15, -0.1) is 0 Å². The molecule has 0 saturated carbocycles. The van der Waals surface area contributed by atoms with Crippen LogP contribution >= 0.6 is 11.6 Å². The Labute approximate surface area is 199 Å². The number of carbonyl (C=O) groups excluding carboxylic acids is 3. The smallest absolute Gasteiger partial charge is 0.294 e. The molecule has 0 fully saturated rings. The minimum absolute atomic E-state index is 0.119. The number of carbonyl (C=O) groups is 3. The highest BCUT2D eigenvalue weighted by Crippen LogP contribution is 2.30. The Bertz CT molecular complexity index is 1300. The van der Waals surface area contributed by atoms with Crippen LogP contribution < -0.4 is 10.6 Å². The first kappa shape index (κ1) is 23.6. The lowest BCUT2D eigenvalue weighted by atomic mass is 10.0. The highest BCUT2D eigenvalue weighted by molar-refractivity contribution is 6.43. The number of amides is 2. The number of benzene rings is 1. The van der Waals surface area contributed by atoms with Crippen LogP contribution in [0.25, 0.3) is 0 Å². The number of nitrogens with one attached hydrogen (secondary N) is 2. The van der Waals surface area contributed by atoms with Gasteiger partial charge in [0, 0.05) is 17.9 Å². The van der Waals surface area contributed by atoms with Gasteiger partial charge < -0.3 is 19.7 Å². The third-order valence-corrected chi connectivity index (χ3v) is 6.04. The van der Waals surface area contributed by atoms with E-state index in [-0.39, 0.29) is 16.6 Å². The standard InChI is InChI=1S/C23H23ClFN5O4/c1-11-18(21(32)28-14-7-8-16(25)15(24)10-14)17-6-4-5-9-30(17)19(11)20(31)22(33)26-12(2)23-27-13(3)29-34-23/h7-8,10,12H,4-6,9H2,1-3H3,(H,26,33)(H,28,32)/t12-/m1/s1. The number of nitrogens with zero attached hydrogens (tertiary/aromatic N) is 3. The molecule has 34 heavy (non-hydrogen) atoms. The number of anilines is 1. The van der Waals surface area contributed by atoms with Gasteiger partial charge in [0.1, 0.15) is 11.9 Å². The van der Waals surface area contributed by atoms with Crippen molar-refractivity contribution >= 4 is 34.9 Å². The molecule has 0 aliphatic carbocycles. The molecule has 0 unspecified atom stereocenters. The Balaban J connectivity index is 1.63. The minimum atomic E-state index is -0.838. The third kappa shape index (κ3) is 4.45. The fourth-order valence-electron chi connectivity index (χ4n) is 4.16. The molecule has 1 atom stereocenters. The highest BCUT2D eigenvalue weighted by atomic mass is 35.5. The quantitative estimate of drug-likeness (QED) is 0.401. The van der Waals surface area contributed by atoms with Gasteiger partial charge in [0.15, 0.2) is 5.82 Å². The zero-order valence-corrected chi connectivity index (χ0v) is 19.6. The molecular weight excluding hydrogens is 465 g/mol. The zero-order chi connectivity index (χ0) is 24.6. The summed E-state index contributed by atoms with van der Waals surface area (Å²) in [5.74, 6) is -2.05. The second kappa shape index (κ2) is 9.38. The number of rotatable bonds is 6. The van der Waals surface area contributed by atoms with E-state index in [9.17, 15) is 18.8 Å². The second-order valence-corrected chi connectivity index (χ2v) is 8.60. The van der Waals surface area contributed by atoms with E-state index in [0.717, 1.165) is 18.9 Å². The average Bonchev–Trinajstić information content (AvgIpc) is 3.36. The van der Waals surface area contributed by atoms with E-state index in [2.05, 4.69) is 20.8 Å². The van der Waals surface area contributed by atoms with Crippen LogP contribution in [0.15, 0.2) is 22.7 Å². The molecule has 1 aromatic carbocycles. The molecule has 178 valence electrons. The first-order valence-corrected chi connectivity index (χ1v) is 11.2. The maximum absolute atomic E-state index is 13.5. The molecule has 2 aromatic heterocycles. The SMILES string of the molecule is Cc1noc([C@@H](C)NC(=O)C(=O)c2c(C)c(C(=O)Nc3ccc(F)c(Cl)c3)c3n2CCCC3)n1. The topological polar surface area (TPSA) is 119 Å². The summed E-state index contributed by atoms with van der Waals surface area (Å²) in [7, 11) is 0. The molecule has 0 spiro atoms. The lowest BCUT2D eigenvalue weighted by Crippen LogP contribution is -2.35. The Morgan fingerprint density at radius 3 is 2.68 bits per heavy atom. The number of aryl methyl sites for hydroxylation is 1. The van der Waals surface area contributed by atoms with Gasteiger partial charge in [0.05, 0.1) is 16.3 Å². The van der Waals surface area contributed by atoms with Crippen molar-refractivity contribution in [3.05, 3.63) is 63.3 Å². The average molecular weight is 488 g/mol. The molecule has 1 aliphatic heterocycles. The number of aromatic nitrogens is 3. The van der Waals surface area contributed by atoms with Crippen molar-refractivity contribution in [2.75, 3.05) is 5.32 Å². The maximum atomic E-state index is 13.5. The van der Waals surface area contributed by atoms with Crippen LogP contribution in [0.5, 0.6) is 0 Å². The van der Waals surface area contributed by atoms with Crippen molar-refractivity contribution in [2.24, 2.45) is 0 Å². The summed E-state index contributed by atoms with van der Waals surface area (Å²) in [5.41, 5.74) is 1.91. The van der Waals surface area contributed by atoms with Crippen molar-refractivity contribution in [1.82, 2.24) is 20.0 Å². The van der Waals surface area contributed by atoms with Crippen molar-refractivity contribution < 1.29 is 23.3 Å². The molecule has 9 nitrogen and oxygen atoms in total. The first-order valence-electron chi connectivity index (χ1n) is 10.8. The van der Waals surface area contributed by atoms with Gasteiger partial charge in [0.25, 0.3) is 17.6 Å². The van der Waals surface area contributed by atoms with Gasteiger partial charge in [-0.2, -0.15) is 4.98 Å². The van der Waals surface area contributed by atoms with Gasteiger partial charge in [-0.05, 0) is 63.8 Å². The molecule has 3 heterocycles. The lowest BCUT2D eigenvalue weighted by molar-refractivity contribution is -0.117. The van der Waals surface area contributed by atoms with Crippen molar-refractivity contribution in [1.29, 1.82) is 0 Å². The van der Waals surface area contributed by atoms with Crippen molar-refractivity contribution in [3.63, 3.8) is 0 Å². The summed E-state index contributed by atoms with van der Waals surface area (Å²) in [6.45, 7) is 5.43. The molecule has 2 N–H and O–H groups in total. The summed E-state index contributed by atoms with van der Waals surface area (Å²) in [5, 5.41) is 8.86. The van der Waals surface area contributed by atoms with Crippen LogP contribution in [0, 0.1) is 19.7 Å². The summed E-state index contributed by atoms with van der Waals surface area (Å²) < 4.78 is 20.3. The zero-order valence-electron chi connectivity index (χ0n) is 18.9. The Morgan fingerprint density at radius 2 is 2.00 bits per heavy atom. The van der Waals surface area contributed by atoms with Crippen molar-refractivity contribution in [2.45, 2.75) is 52.6 Å². The number of hydrogen-bond acceptors (Lipinski definition) is 6. The largest absolute Gasteiger partial charge is 0.341 e. The fraction of sp³-hybridized carbons (Fsp3) is 0.348. The number of hydrogen-bond donors (Lipinski definition) is 2. The third-order valence-electron chi connectivity index (χ3n) is 5.75. The predicted octanol–water partition coefficient (Wildman–Crippen LogP) is 3.93. The Hall–Kier alpha value is -3.53. The van der Waals surface area contributed by atoms with Crippen LogP contribution in [0.2, 0.25) is 5.02 Å². The monoisotopic (exact) mass is 487 g/mol. The molecule has 11 heteroatoms. The number of ketones is 1. The Kier molecular flexibility index (Phi) is 6.52. The van der Waals surface area contributed by atoms with Gasteiger partial charge >= 0.3 is 0 Å². The summed E-state index contributed by atoms with van der Waals surface area (Å²) >= 11 is 5.82. The van der Waals surface area contributed by atoms with Gasteiger partial charge in [-0.1, -0.05) is 16.8 Å². The normalized spacial score (nSPS) is 13.8. The van der Waals surface area contributed by atoms with E-state index in [1.807, 2.05) is 0 Å². The molecule has 3 aromatic rings. The highest BCUT2D eigenvalue weighted by Gasteiger charge is 2.33. The van der Waals surface area contributed by atoms with Crippen molar-refractivity contribution in [3.8, 4) is 0 Å². The molecule has 1 aliphatic rings. The molecule has 0 radical (unpaired) electrons. The van der Waals surface area contributed by atoms with Crippen LogP contribution in [0.3, 0.4) is 0 Å². The summed E-state index contributed by atoms with van der Waals surface area (Å²) in [4.78, 5) is 43.2. The van der Waals surface area contributed by atoms with Crippen LogP contribution in [-0.2, 0) is 17.8 Å². The second-order valence-electron chi connectivity index (χ2n) is 8.19. The van der Waals surface area contributed by atoms with E-state index in [4.69, 9.17) is 16.1 Å². The van der Waals surface area contributed by atoms with Gasteiger partial charge in [-0.25, -0.2) is 4.39 Å². The van der Waals surface area contributed by atoms with E-state index < -0.39 is 29.5 Å².